The molecule has 0 saturated heterocycles. The van der Waals surface area contributed by atoms with E-state index in [0.29, 0.717) is 6.04 Å². The molecular weight excluding hydrogens is 312 g/mol. The SMILES string of the molecule is CC(N)c1ccc(Br)cc1N1c2ccccc2CC1C. The molecule has 0 aliphatic carbocycles. The lowest BCUT2D eigenvalue weighted by Gasteiger charge is -2.29. The molecule has 0 fully saturated rings. The molecule has 1 aliphatic rings. The number of hydrogen-bond acceptors (Lipinski definition) is 2. The van der Waals surface area contributed by atoms with E-state index in [4.69, 9.17) is 5.73 Å². The average Bonchev–Trinajstić information content (AvgIpc) is 2.73. The maximum absolute atomic E-state index is 6.16. The molecule has 0 saturated carbocycles. The van der Waals surface area contributed by atoms with Gasteiger partial charge in [-0.2, -0.15) is 0 Å². The number of halogens is 1. The summed E-state index contributed by atoms with van der Waals surface area (Å²) >= 11 is 3.58. The second-order valence-electron chi connectivity index (χ2n) is 5.54. The van der Waals surface area contributed by atoms with Crippen LogP contribution in [0.15, 0.2) is 46.9 Å². The van der Waals surface area contributed by atoms with Crippen molar-refractivity contribution in [3.63, 3.8) is 0 Å². The molecule has 3 heteroatoms. The van der Waals surface area contributed by atoms with Crippen molar-refractivity contribution in [2.45, 2.75) is 32.4 Å². The lowest BCUT2D eigenvalue weighted by Crippen LogP contribution is -2.26. The van der Waals surface area contributed by atoms with Crippen LogP contribution in [0.25, 0.3) is 0 Å². The van der Waals surface area contributed by atoms with E-state index in [0.717, 1.165) is 10.9 Å². The number of benzene rings is 2. The van der Waals surface area contributed by atoms with E-state index in [9.17, 15) is 0 Å². The summed E-state index contributed by atoms with van der Waals surface area (Å²) in [5.74, 6) is 0. The van der Waals surface area contributed by atoms with Gasteiger partial charge in [0.15, 0.2) is 0 Å². The minimum atomic E-state index is 0.0260. The van der Waals surface area contributed by atoms with Crippen LogP contribution in [0.4, 0.5) is 11.4 Å². The van der Waals surface area contributed by atoms with Crippen LogP contribution in [0.1, 0.15) is 31.0 Å². The molecule has 2 nitrogen and oxygen atoms in total. The fourth-order valence-corrected chi connectivity index (χ4v) is 3.39. The van der Waals surface area contributed by atoms with Crippen LogP contribution in [0.5, 0.6) is 0 Å². The van der Waals surface area contributed by atoms with Gasteiger partial charge in [-0.1, -0.05) is 40.2 Å². The van der Waals surface area contributed by atoms with E-state index in [1.54, 1.807) is 0 Å². The number of fused-ring (bicyclic) bond motifs is 1. The first kappa shape index (κ1) is 13.7. The van der Waals surface area contributed by atoms with Crippen LogP contribution in [0.2, 0.25) is 0 Å². The summed E-state index contributed by atoms with van der Waals surface area (Å²) < 4.78 is 1.09. The van der Waals surface area contributed by atoms with Gasteiger partial charge < -0.3 is 10.6 Å². The number of nitrogens with zero attached hydrogens (tertiary/aromatic N) is 1. The molecule has 0 aromatic heterocycles. The normalized spacial score (nSPS) is 19.0. The second kappa shape index (κ2) is 5.23. The maximum atomic E-state index is 6.16. The van der Waals surface area contributed by atoms with Gasteiger partial charge >= 0.3 is 0 Å². The fourth-order valence-electron chi connectivity index (χ4n) is 3.04. The van der Waals surface area contributed by atoms with Crippen LogP contribution < -0.4 is 10.6 Å². The first-order valence-corrected chi connectivity index (χ1v) is 7.79. The zero-order chi connectivity index (χ0) is 14.3. The predicted molar refractivity (Wildman–Crippen MR) is 88.5 cm³/mol. The van der Waals surface area contributed by atoms with E-state index in [1.165, 1.54) is 22.5 Å². The number of anilines is 2. The van der Waals surface area contributed by atoms with Gasteiger partial charge in [0.25, 0.3) is 0 Å². The van der Waals surface area contributed by atoms with Gasteiger partial charge in [0.05, 0.1) is 0 Å². The summed E-state index contributed by atoms with van der Waals surface area (Å²) in [7, 11) is 0. The number of rotatable bonds is 2. The first-order chi connectivity index (χ1) is 9.58. The number of para-hydroxylation sites is 1. The van der Waals surface area contributed by atoms with Gasteiger partial charge in [-0.15, -0.1) is 0 Å². The molecule has 2 unspecified atom stereocenters. The van der Waals surface area contributed by atoms with Crippen molar-refractivity contribution in [1.82, 2.24) is 0 Å². The van der Waals surface area contributed by atoms with Crippen molar-refractivity contribution in [3.8, 4) is 0 Å². The van der Waals surface area contributed by atoms with Crippen LogP contribution in [-0.4, -0.2) is 6.04 Å². The highest BCUT2D eigenvalue weighted by molar-refractivity contribution is 9.10. The van der Waals surface area contributed by atoms with Gasteiger partial charge in [0.1, 0.15) is 0 Å². The van der Waals surface area contributed by atoms with Crippen molar-refractivity contribution in [3.05, 3.63) is 58.1 Å². The Bertz CT molecular complexity index is 637. The third-order valence-corrected chi connectivity index (χ3v) is 4.44. The second-order valence-corrected chi connectivity index (χ2v) is 6.46. The van der Waals surface area contributed by atoms with Crippen molar-refractivity contribution < 1.29 is 0 Å². The standard InChI is InChI=1S/C17H19BrN2/c1-11-9-13-5-3-4-6-16(13)20(11)17-10-14(18)7-8-15(17)12(2)19/h3-8,10-12H,9,19H2,1-2H3. The Labute approximate surface area is 128 Å². The Hall–Kier alpha value is -1.32. The minimum Gasteiger partial charge on any atom is -0.338 e. The Balaban J connectivity index is 2.16. The summed E-state index contributed by atoms with van der Waals surface area (Å²) in [5.41, 5.74) is 11.3. The molecule has 0 bridgehead atoms. The van der Waals surface area contributed by atoms with E-state index in [2.05, 4.69) is 70.2 Å². The van der Waals surface area contributed by atoms with Crippen LogP contribution in [0.3, 0.4) is 0 Å². The van der Waals surface area contributed by atoms with Crippen molar-refractivity contribution in [1.29, 1.82) is 0 Å². The molecule has 20 heavy (non-hydrogen) atoms. The van der Waals surface area contributed by atoms with Gasteiger partial charge in [-0.05, 0) is 49.6 Å². The zero-order valence-electron chi connectivity index (χ0n) is 11.8. The highest BCUT2D eigenvalue weighted by atomic mass is 79.9. The topological polar surface area (TPSA) is 29.3 Å². The van der Waals surface area contributed by atoms with Gasteiger partial charge in [-0.25, -0.2) is 0 Å². The van der Waals surface area contributed by atoms with E-state index in [-0.39, 0.29) is 6.04 Å². The van der Waals surface area contributed by atoms with Crippen LogP contribution in [-0.2, 0) is 6.42 Å². The lowest BCUT2D eigenvalue weighted by molar-refractivity contribution is 0.742. The molecule has 1 aliphatic heterocycles. The van der Waals surface area contributed by atoms with Crippen molar-refractivity contribution >= 4 is 27.3 Å². The monoisotopic (exact) mass is 330 g/mol. The molecule has 1 heterocycles. The fraction of sp³-hybridized carbons (Fsp3) is 0.294. The van der Waals surface area contributed by atoms with Gasteiger partial charge in [0.2, 0.25) is 0 Å². The van der Waals surface area contributed by atoms with Gasteiger partial charge in [0, 0.05) is 27.9 Å². The van der Waals surface area contributed by atoms with Crippen molar-refractivity contribution in [2.75, 3.05) is 4.90 Å². The lowest BCUT2D eigenvalue weighted by atomic mass is 10.1. The number of nitrogens with two attached hydrogens (primary N) is 1. The highest BCUT2D eigenvalue weighted by Crippen LogP contribution is 2.41. The first-order valence-electron chi connectivity index (χ1n) is 7.00. The molecule has 0 radical (unpaired) electrons. The quantitative estimate of drug-likeness (QED) is 0.875. The molecule has 0 amide bonds. The average molecular weight is 331 g/mol. The molecule has 2 N–H and O–H groups in total. The van der Waals surface area contributed by atoms with Gasteiger partial charge in [-0.3, -0.25) is 0 Å². The Kier molecular flexibility index (Phi) is 3.57. The van der Waals surface area contributed by atoms with Crippen LogP contribution >= 0.6 is 15.9 Å². The molecule has 2 atom stereocenters. The summed E-state index contributed by atoms with van der Waals surface area (Å²) in [6.07, 6.45) is 1.08. The Morgan fingerprint density at radius 2 is 1.95 bits per heavy atom. The minimum absolute atomic E-state index is 0.0260. The summed E-state index contributed by atoms with van der Waals surface area (Å²) in [4.78, 5) is 2.42. The molecule has 3 rings (SSSR count). The smallest absolute Gasteiger partial charge is 0.0473 e. The molecule has 2 aromatic carbocycles. The number of hydrogen-bond donors (Lipinski definition) is 1. The molecular formula is C17H19BrN2. The van der Waals surface area contributed by atoms with E-state index >= 15 is 0 Å². The molecule has 104 valence electrons. The Morgan fingerprint density at radius 1 is 1.20 bits per heavy atom. The van der Waals surface area contributed by atoms with E-state index in [1.807, 2.05) is 6.92 Å². The van der Waals surface area contributed by atoms with E-state index < -0.39 is 0 Å². The highest BCUT2D eigenvalue weighted by Gasteiger charge is 2.28. The van der Waals surface area contributed by atoms with Crippen molar-refractivity contribution in [2.24, 2.45) is 5.73 Å². The third-order valence-electron chi connectivity index (χ3n) is 3.95. The predicted octanol–water partition coefficient (Wildman–Crippen LogP) is 4.55. The van der Waals surface area contributed by atoms with Crippen LogP contribution in [0, 0.1) is 0 Å². The zero-order valence-corrected chi connectivity index (χ0v) is 13.4. The summed E-state index contributed by atoms with van der Waals surface area (Å²) in [5, 5.41) is 0. The summed E-state index contributed by atoms with van der Waals surface area (Å²) in [6.45, 7) is 4.31. The largest absolute Gasteiger partial charge is 0.338 e. The molecule has 2 aromatic rings. The maximum Gasteiger partial charge on any atom is 0.0473 e. The Morgan fingerprint density at radius 3 is 2.70 bits per heavy atom. The third kappa shape index (κ3) is 2.25. The molecule has 0 spiro atoms. The summed E-state index contributed by atoms with van der Waals surface area (Å²) in [6, 6.07) is 15.5.